The van der Waals surface area contributed by atoms with Crippen molar-refractivity contribution in [3.05, 3.63) is 35.4 Å². The Kier molecular flexibility index (Phi) is 5.24. The van der Waals surface area contributed by atoms with E-state index in [-0.39, 0.29) is 17.9 Å². The smallest absolute Gasteiger partial charge is 0.179 e. The Morgan fingerprint density at radius 1 is 1.25 bits per heavy atom. The second-order valence-electron chi connectivity index (χ2n) is 5.75. The maximum absolute atomic E-state index is 13.5. The minimum atomic E-state index is -0.650. The van der Waals surface area contributed by atoms with Crippen LogP contribution in [0.1, 0.15) is 42.5 Å². The third-order valence-electron chi connectivity index (χ3n) is 3.94. The predicted octanol–water partition coefficient (Wildman–Crippen LogP) is 3.66. The molecule has 20 heavy (non-hydrogen) atoms. The number of likely N-dealkylation sites (N-methyl/N-ethyl adjacent to an activating group) is 1. The molecule has 2 rings (SSSR count). The molecule has 0 N–H and O–H groups in total. The summed E-state index contributed by atoms with van der Waals surface area (Å²) >= 11 is 0. The van der Waals surface area contributed by atoms with E-state index in [9.17, 15) is 13.6 Å². The highest BCUT2D eigenvalue weighted by molar-refractivity contribution is 5.97. The number of nitrogens with zero attached hydrogens (tertiary/aromatic N) is 1. The number of hydrogen-bond donors (Lipinski definition) is 0. The molecule has 0 saturated heterocycles. The molecule has 0 heterocycles. The highest BCUT2D eigenvalue weighted by Gasteiger charge is 2.19. The molecule has 110 valence electrons. The third kappa shape index (κ3) is 4.10. The van der Waals surface area contributed by atoms with Gasteiger partial charge in [-0.25, -0.2) is 8.78 Å². The lowest BCUT2D eigenvalue weighted by Crippen LogP contribution is -2.32. The van der Waals surface area contributed by atoms with Crippen molar-refractivity contribution in [1.82, 2.24) is 4.90 Å². The molecular weight excluding hydrogens is 260 g/mol. The molecule has 0 aromatic heterocycles. The van der Waals surface area contributed by atoms with Crippen LogP contribution in [0.15, 0.2) is 18.2 Å². The zero-order valence-corrected chi connectivity index (χ0v) is 11.9. The number of rotatable bonds is 5. The summed E-state index contributed by atoms with van der Waals surface area (Å²) in [4.78, 5) is 13.9. The Labute approximate surface area is 118 Å². The average molecular weight is 281 g/mol. The highest BCUT2D eigenvalue weighted by atomic mass is 19.1. The van der Waals surface area contributed by atoms with Crippen LogP contribution in [0.4, 0.5) is 8.78 Å². The quantitative estimate of drug-likeness (QED) is 0.768. The molecule has 0 unspecified atom stereocenters. The molecule has 1 aliphatic carbocycles. The lowest BCUT2D eigenvalue weighted by molar-refractivity contribution is 0.0928. The van der Waals surface area contributed by atoms with Gasteiger partial charge < -0.3 is 0 Å². The first kappa shape index (κ1) is 15.1. The van der Waals surface area contributed by atoms with Crippen molar-refractivity contribution in [2.75, 3.05) is 20.1 Å². The van der Waals surface area contributed by atoms with Gasteiger partial charge in [0.15, 0.2) is 5.78 Å². The van der Waals surface area contributed by atoms with Gasteiger partial charge in [-0.1, -0.05) is 19.3 Å². The van der Waals surface area contributed by atoms with Crippen LogP contribution in [0, 0.1) is 17.6 Å². The fraction of sp³-hybridized carbons (Fsp3) is 0.562. The van der Waals surface area contributed by atoms with Gasteiger partial charge in [0.25, 0.3) is 0 Å². The van der Waals surface area contributed by atoms with Gasteiger partial charge in [-0.15, -0.1) is 0 Å². The Hall–Kier alpha value is -1.29. The van der Waals surface area contributed by atoms with E-state index < -0.39 is 11.6 Å². The molecule has 4 heteroatoms. The molecule has 1 aromatic carbocycles. The number of halogens is 2. The fourth-order valence-corrected chi connectivity index (χ4v) is 2.92. The van der Waals surface area contributed by atoms with Gasteiger partial charge in [0, 0.05) is 6.54 Å². The molecule has 1 aromatic rings. The van der Waals surface area contributed by atoms with Gasteiger partial charge in [-0.05, 0) is 44.0 Å². The number of Topliss-reactive ketones (excluding diaryl/α,β-unsaturated/α-hetero) is 1. The van der Waals surface area contributed by atoms with Crippen molar-refractivity contribution in [3.63, 3.8) is 0 Å². The first-order valence-corrected chi connectivity index (χ1v) is 7.23. The van der Waals surface area contributed by atoms with E-state index in [1.807, 2.05) is 11.9 Å². The molecular formula is C16H21F2NO. The number of benzene rings is 1. The zero-order chi connectivity index (χ0) is 14.5. The fourth-order valence-electron chi connectivity index (χ4n) is 2.92. The molecule has 1 saturated carbocycles. The van der Waals surface area contributed by atoms with E-state index in [1.165, 1.54) is 32.1 Å². The van der Waals surface area contributed by atoms with E-state index in [4.69, 9.17) is 0 Å². The summed E-state index contributed by atoms with van der Waals surface area (Å²) in [6, 6.07) is 3.01. The average Bonchev–Trinajstić information content (AvgIpc) is 2.42. The van der Waals surface area contributed by atoms with Crippen molar-refractivity contribution in [3.8, 4) is 0 Å². The molecule has 0 atom stereocenters. The number of hydrogen-bond acceptors (Lipinski definition) is 2. The summed E-state index contributed by atoms with van der Waals surface area (Å²) in [5.74, 6) is -0.966. The van der Waals surface area contributed by atoms with Crippen LogP contribution in [-0.2, 0) is 0 Å². The first-order chi connectivity index (χ1) is 9.56. The van der Waals surface area contributed by atoms with Crippen molar-refractivity contribution in [1.29, 1.82) is 0 Å². The molecule has 0 bridgehead atoms. The first-order valence-electron chi connectivity index (χ1n) is 7.23. The monoisotopic (exact) mass is 281 g/mol. The van der Waals surface area contributed by atoms with Gasteiger partial charge in [0.1, 0.15) is 11.6 Å². The lowest BCUT2D eigenvalue weighted by atomic mass is 9.89. The van der Waals surface area contributed by atoms with Crippen molar-refractivity contribution in [2.45, 2.75) is 32.1 Å². The number of ketones is 1. The van der Waals surface area contributed by atoms with E-state index in [2.05, 4.69) is 0 Å². The summed E-state index contributed by atoms with van der Waals surface area (Å²) in [7, 11) is 1.86. The molecule has 0 aliphatic heterocycles. The molecule has 1 aliphatic rings. The van der Waals surface area contributed by atoms with Crippen LogP contribution in [-0.4, -0.2) is 30.8 Å². The second kappa shape index (κ2) is 6.93. The van der Waals surface area contributed by atoms with Gasteiger partial charge in [-0.3, -0.25) is 9.69 Å². The Balaban J connectivity index is 1.91. The highest BCUT2D eigenvalue weighted by Crippen LogP contribution is 2.24. The lowest BCUT2D eigenvalue weighted by Gasteiger charge is -2.26. The number of carbonyl (C=O) groups excluding carboxylic acids is 1. The topological polar surface area (TPSA) is 20.3 Å². The van der Waals surface area contributed by atoms with Gasteiger partial charge in [-0.2, -0.15) is 0 Å². The molecule has 0 radical (unpaired) electrons. The van der Waals surface area contributed by atoms with E-state index >= 15 is 0 Å². The Bertz CT molecular complexity index is 470. The molecule has 0 amide bonds. The third-order valence-corrected chi connectivity index (χ3v) is 3.94. The largest absolute Gasteiger partial charge is 0.299 e. The standard InChI is InChI=1S/C16H21F2NO/c1-19(10-12-5-3-2-4-6-12)11-16(20)14-9-13(17)7-8-15(14)18/h7-9,12H,2-6,10-11H2,1H3. The van der Waals surface area contributed by atoms with E-state index in [0.717, 1.165) is 24.7 Å². The SMILES string of the molecule is CN(CC(=O)c1cc(F)ccc1F)CC1CCCCC1. The van der Waals surface area contributed by atoms with Crippen molar-refractivity contribution < 1.29 is 13.6 Å². The Morgan fingerprint density at radius 3 is 2.65 bits per heavy atom. The number of carbonyl (C=O) groups is 1. The molecule has 2 nitrogen and oxygen atoms in total. The van der Waals surface area contributed by atoms with Crippen molar-refractivity contribution >= 4 is 5.78 Å². The summed E-state index contributed by atoms with van der Waals surface area (Å²) < 4.78 is 26.6. The summed E-state index contributed by atoms with van der Waals surface area (Å²) in [5, 5.41) is 0. The normalized spacial score (nSPS) is 16.6. The van der Waals surface area contributed by atoms with Gasteiger partial charge in [0.2, 0.25) is 0 Å². The van der Waals surface area contributed by atoms with Crippen molar-refractivity contribution in [2.24, 2.45) is 5.92 Å². The maximum Gasteiger partial charge on any atom is 0.179 e. The van der Waals surface area contributed by atoms with Crippen LogP contribution in [0.25, 0.3) is 0 Å². The second-order valence-corrected chi connectivity index (χ2v) is 5.75. The van der Waals surface area contributed by atoms with Crippen LogP contribution in [0.3, 0.4) is 0 Å². The summed E-state index contributed by atoms with van der Waals surface area (Å²) in [6.07, 6.45) is 6.21. The van der Waals surface area contributed by atoms with E-state index in [1.54, 1.807) is 0 Å². The summed E-state index contributed by atoms with van der Waals surface area (Å²) in [6.45, 7) is 0.986. The molecule has 1 fully saturated rings. The minimum absolute atomic E-state index is 0.136. The van der Waals surface area contributed by atoms with Crippen LogP contribution < -0.4 is 0 Å². The van der Waals surface area contributed by atoms with Crippen LogP contribution in [0.5, 0.6) is 0 Å². The minimum Gasteiger partial charge on any atom is -0.299 e. The molecule has 0 spiro atoms. The van der Waals surface area contributed by atoms with Crippen LogP contribution >= 0.6 is 0 Å². The Morgan fingerprint density at radius 2 is 1.95 bits per heavy atom. The summed E-state index contributed by atoms with van der Waals surface area (Å²) in [5.41, 5.74) is -0.152. The zero-order valence-electron chi connectivity index (χ0n) is 11.9. The predicted molar refractivity (Wildman–Crippen MR) is 74.8 cm³/mol. The van der Waals surface area contributed by atoms with Gasteiger partial charge >= 0.3 is 0 Å². The van der Waals surface area contributed by atoms with E-state index in [0.29, 0.717) is 5.92 Å². The maximum atomic E-state index is 13.5. The van der Waals surface area contributed by atoms with Gasteiger partial charge in [0.05, 0.1) is 12.1 Å². The van der Waals surface area contributed by atoms with Crippen LogP contribution in [0.2, 0.25) is 0 Å².